The number of anilines is 1. The molecular weight excluding hydrogens is 406 g/mol. The van der Waals surface area contributed by atoms with Crippen molar-refractivity contribution in [2.24, 2.45) is 11.8 Å². The van der Waals surface area contributed by atoms with E-state index in [2.05, 4.69) is 36.0 Å². The van der Waals surface area contributed by atoms with Crippen LogP contribution in [0.15, 0.2) is 16.2 Å². The molecule has 6 heteroatoms. The van der Waals surface area contributed by atoms with Gasteiger partial charge in [0.2, 0.25) is 0 Å². The van der Waals surface area contributed by atoms with E-state index in [1.165, 1.54) is 30.7 Å². The highest BCUT2D eigenvalue weighted by Crippen LogP contribution is 2.38. The van der Waals surface area contributed by atoms with Gasteiger partial charge in [0.05, 0.1) is 10.6 Å². The number of H-pyrrole nitrogens is 1. The number of nitrogens with zero attached hydrogens (tertiary/aromatic N) is 1. The average Bonchev–Trinajstić information content (AvgIpc) is 3.09. The van der Waals surface area contributed by atoms with Crippen molar-refractivity contribution in [3.63, 3.8) is 0 Å². The van der Waals surface area contributed by atoms with Crippen LogP contribution in [0.5, 0.6) is 0 Å². The molecule has 1 saturated carbocycles. The number of carbonyl (C=O) groups excluding carboxylic acids is 1. The Labute approximate surface area is 190 Å². The minimum atomic E-state index is -0.130. The summed E-state index contributed by atoms with van der Waals surface area (Å²) < 4.78 is 0. The molecule has 0 unspecified atom stereocenters. The zero-order valence-corrected chi connectivity index (χ0v) is 20.6. The summed E-state index contributed by atoms with van der Waals surface area (Å²) in [4.78, 5) is 30.5. The van der Waals surface area contributed by atoms with E-state index in [1.807, 2.05) is 32.2 Å². The number of hydrogen-bond donors (Lipinski definition) is 2. The van der Waals surface area contributed by atoms with Gasteiger partial charge in [-0.3, -0.25) is 9.59 Å². The molecule has 0 spiro atoms. The van der Waals surface area contributed by atoms with Crippen molar-refractivity contribution < 1.29 is 4.79 Å². The predicted octanol–water partition coefficient (Wildman–Crippen LogP) is 5.33. The monoisotopic (exact) mass is 443 g/mol. The third-order valence-electron chi connectivity index (χ3n) is 6.90. The first kappa shape index (κ1) is 23.6. The third-order valence-corrected chi connectivity index (χ3v) is 8.02. The molecule has 0 radical (unpaired) electrons. The molecule has 2 aromatic rings. The first-order chi connectivity index (χ1) is 14.7. The summed E-state index contributed by atoms with van der Waals surface area (Å²) in [5, 5.41) is 6.13. The summed E-state index contributed by atoms with van der Waals surface area (Å²) in [5.74, 6) is 1.49. The molecule has 0 aromatic carbocycles. The predicted molar refractivity (Wildman–Crippen MR) is 130 cm³/mol. The lowest BCUT2D eigenvalue weighted by Gasteiger charge is -2.38. The van der Waals surface area contributed by atoms with Crippen LogP contribution >= 0.6 is 11.3 Å². The summed E-state index contributed by atoms with van der Waals surface area (Å²) in [6.07, 6.45) is 5.04. The van der Waals surface area contributed by atoms with E-state index in [4.69, 9.17) is 0 Å². The quantitative estimate of drug-likeness (QED) is 0.608. The Morgan fingerprint density at radius 1 is 1.23 bits per heavy atom. The summed E-state index contributed by atoms with van der Waals surface area (Å²) >= 11 is 1.67. The molecule has 0 aliphatic heterocycles. The lowest BCUT2D eigenvalue weighted by atomic mass is 9.79. The number of nitrogens with one attached hydrogen (secondary N) is 2. The van der Waals surface area contributed by atoms with Crippen molar-refractivity contribution >= 4 is 22.2 Å². The van der Waals surface area contributed by atoms with Crippen molar-refractivity contribution in [1.29, 1.82) is 0 Å². The van der Waals surface area contributed by atoms with Crippen molar-refractivity contribution in [3.05, 3.63) is 49.7 Å². The van der Waals surface area contributed by atoms with Gasteiger partial charge in [-0.2, -0.15) is 0 Å². The Morgan fingerprint density at radius 3 is 2.48 bits per heavy atom. The molecule has 5 nitrogen and oxygen atoms in total. The second-order valence-electron chi connectivity index (χ2n) is 9.30. The number of pyridine rings is 1. The van der Waals surface area contributed by atoms with Gasteiger partial charge < -0.3 is 15.2 Å². The summed E-state index contributed by atoms with van der Waals surface area (Å²) in [6, 6.07) is 2.49. The number of thiophene rings is 1. The van der Waals surface area contributed by atoms with E-state index in [0.717, 1.165) is 40.8 Å². The fourth-order valence-corrected chi connectivity index (χ4v) is 6.14. The molecule has 2 heterocycles. The van der Waals surface area contributed by atoms with Crippen LogP contribution in [-0.4, -0.2) is 23.5 Å². The van der Waals surface area contributed by atoms with Crippen LogP contribution in [0, 0.1) is 32.6 Å². The zero-order chi connectivity index (χ0) is 22.7. The molecule has 31 heavy (non-hydrogen) atoms. The molecule has 0 saturated heterocycles. The molecule has 2 N–H and O–H groups in total. The van der Waals surface area contributed by atoms with Crippen LogP contribution in [0.3, 0.4) is 0 Å². The SMILES string of the molecule is CCN(c1scc(C(=O)NCc2c(C)cc(C)[nH]c2=O)c1C)C1CCC(C(C)C)CC1. The van der Waals surface area contributed by atoms with Gasteiger partial charge in [-0.1, -0.05) is 13.8 Å². The van der Waals surface area contributed by atoms with E-state index in [1.54, 1.807) is 11.3 Å². The molecule has 1 aliphatic carbocycles. The molecule has 1 aliphatic rings. The Balaban J connectivity index is 1.70. The van der Waals surface area contributed by atoms with Crippen LogP contribution in [0.4, 0.5) is 5.00 Å². The van der Waals surface area contributed by atoms with E-state index in [9.17, 15) is 9.59 Å². The maximum atomic E-state index is 12.9. The van der Waals surface area contributed by atoms with Gasteiger partial charge in [-0.25, -0.2) is 0 Å². The molecule has 170 valence electrons. The number of aryl methyl sites for hydroxylation is 2. The third kappa shape index (κ3) is 5.22. The smallest absolute Gasteiger partial charge is 0.253 e. The maximum absolute atomic E-state index is 12.9. The Bertz CT molecular complexity index is 968. The van der Waals surface area contributed by atoms with Gasteiger partial charge in [-0.05, 0) is 82.4 Å². The Hall–Kier alpha value is -2.08. The lowest BCUT2D eigenvalue weighted by Crippen LogP contribution is -2.38. The van der Waals surface area contributed by atoms with Crippen molar-refractivity contribution in [1.82, 2.24) is 10.3 Å². The summed E-state index contributed by atoms with van der Waals surface area (Å²) in [6.45, 7) is 13.9. The zero-order valence-electron chi connectivity index (χ0n) is 19.8. The normalized spacial score (nSPS) is 18.9. The lowest BCUT2D eigenvalue weighted by molar-refractivity contribution is 0.0950. The molecule has 3 rings (SSSR count). The molecule has 0 bridgehead atoms. The van der Waals surface area contributed by atoms with Gasteiger partial charge in [0.15, 0.2) is 0 Å². The maximum Gasteiger partial charge on any atom is 0.253 e. The van der Waals surface area contributed by atoms with Gasteiger partial charge in [-0.15, -0.1) is 11.3 Å². The second-order valence-corrected chi connectivity index (χ2v) is 10.2. The fraction of sp³-hybridized carbons (Fsp3) is 0.600. The number of amides is 1. The minimum Gasteiger partial charge on any atom is -0.361 e. The van der Waals surface area contributed by atoms with E-state index >= 15 is 0 Å². The molecular formula is C25H37N3O2S. The van der Waals surface area contributed by atoms with Gasteiger partial charge in [0.25, 0.3) is 11.5 Å². The summed E-state index contributed by atoms with van der Waals surface area (Å²) in [5.41, 5.74) is 3.98. The van der Waals surface area contributed by atoms with Crippen molar-refractivity contribution in [3.8, 4) is 0 Å². The van der Waals surface area contributed by atoms with Crippen molar-refractivity contribution in [2.75, 3.05) is 11.4 Å². The number of aromatic nitrogens is 1. The minimum absolute atomic E-state index is 0.112. The van der Waals surface area contributed by atoms with E-state index < -0.39 is 0 Å². The first-order valence-corrected chi connectivity index (χ1v) is 12.4. The number of hydrogen-bond acceptors (Lipinski definition) is 4. The largest absolute Gasteiger partial charge is 0.361 e. The number of carbonyl (C=O) groups is 1. The highest BCUT2D eigenvalue weighted by atomic mass is 32.1. The molecule has 1 fully saturated rings. The van der Waals surface area contributed by atoms with Crippen LogP contribution in [0.1, 0.15) is 79.2 Å². The average molecular weight is 444 g/mol. The molecule has 2 aromatic heterocycles. The van der Waals surface area contributed by atoms with Crippen LogP contribution in [-0.2, 0) is 6.54 Å². The second kappa shape index (κ2) is 10.0. The van der Waals surface area contributed by atoms with Gasteiger partial charge in [0, 0.05) is 35.8 Å². The van der Waals surface area contributed by atoms with Gasteiger partial charge in [0.1, 0.15) is 0 Å². The van der Waals surface area contributed by atoms with Crippen molar-refractivity contribution in [2.45, 2.75) is 79.8 Å². The Kier molecular flexibility index (Phi) is 7.63. The highest BCUT2D eigenvalue weighted by Gasteiger charge is 2.29. The molecule has 1 amide bonds. The first-order valence-electron chi connectivity index (χ1n) is 11.5. The number of aromatic amines is 1. The van der Waals surface area contributed by atoms with Crippen LogP contribution in [0.25, 0.3) is 0 Å². The van der Waals surface area contributed by atoms with E-state index in [0.29, 0.717) is 11.6 Å². The molecule has 0 atom stereocenters. The van der Waals surface area contributed by atoms with Gasteiger partial charge >= 0.3 is 0 Å². The Morgan fingerprint density at radius 2 is 1.90 bits per heavy atom. The van der Waals surface area contributed by atoms with Crippen LogP contribution < -0.4 is 15.8 Å². The topological polar surface area (TPSA) is 65.2 Å². The highest BCUT2D eigenvalue weighted by molar-refractivity contribution is 7.14. The van der Waals surface area contributed by atoms with Crippen LogP contribution in [0.2, 0.25) is 0 Å². The standard InChI is InChI=1S/C25H37N3O2S/c1-7-28(20-10-8-19(9-11-20)15(2)3)25-18(6)22(14-31-25)23(29)26-13-21-16(4)12-17(5)27-24(21)30/h12,14-15,19-20H,7-11,13H2,1-6H3,(H,26,29)(H,27,30). The summed E-state index contributed by atoms with van der Waals surface area (Å²) in [7, 11) is 0. The van der Waals surface area contributed by atoms with E-state index in [-0.39, 0.29) is 18.0 Å². The fourth-order valence-electron chi connectivity index (χ4n) is 4.93. The number of rotatable bonds is 7.